The van der Waals surface area contributed by atoms with Gasteiger partial charge in [-0.3, -0.25) is 0 Å². The Balaban J connectivity index is 2.05. The zero-order valence-electron chi connectivity index (χ0n) is 9.70. The van der Waals surface area contributed by atoms with Gasteiger partial charge in [0.2, 0.25) is 5.89 Å². The van der Waals surface area contributed by atoms with Crippen LogP contribution in [0.2, 0.25) is 0 Å². The molecule has 8 nitrogen and oxygen atoms in total. The largest absolute Gasteiger partial charge is 0.348 e. The summed E-state index contributed by atoms with van der Waals surface area (Å²) in [6, 6.07) is -0.494. The second-order valence-corrected chi connectivity index (χ2v) is 6.15. The van der Waals surface area contributed by atoms with Gasteiger partial charge in [0.05, 0.1) is 12.4 Å². The van der Waals surface area contributed by atoms with Crippen LogP contribution in [-0.2, 0) is 22.0 Å². The molecule has 3 N–H and O–H groups in total. The molecule has 18 heavy (non-hydrogen) atoms. The summed E-state index contributed by atoms with van der Waals surface area (Å²) in [4.78, 5) is 10.7. The number of nitrogens with zero attached hydrogens (tertiary/aromatic N) is 3. The van der Waals surface area contributed by atoms with E-state index in [1.807, 2.05) is 0 Å². The number of aromatic nitrogens is 4. The first kappa shape index (κ1) is 12.7. The third-order valence-electron chi connectivity index (χ3n) is 2.19. The van der Waals surface area contributed by atoms with Crippen molar-refractivity contribution in [2.75, 3.05) is 6.26 Å². The van der Waals surface area contributed by atoms with E-state index in [-0.39, 0.29) is 17.5 Å². The van der Waals surface area contributed by atoms with Gasteiger partial charge in [-0.2, -0.15) is 4.98 Å². The summed E-state index contributed by atoms with van der Waals surface area (Å²) in [5.74, 6) is 0.0728. The van der Waals surface area contributed by atoms with E-state index in [2.05, 4.69) is 20.1 Å². The summed E-state index contributed by atoms with van der Waals surface area (Å²) < 4.78 is 27.1. The molecule has 0 radical (unpaired) electrons. The van der Waals surface area contributed by atoms with Gasteiger partial charge < -0.3 is 15.2 Å². The molecule has 0 amide bonds. The second-order valence-electron chi connectivity index (χ2n) is 4.01. The summed E-state index contributed by atoms with van der Waals surface area (Å²) in [5, 5.41) is 3.58. The lowest BCUT2D eigenvalue weighted by molar-refractivity contribution is 0.350. The maximum absolute atomic E-state index is 11.1. The van der Waals surface area contributed by atoms with Crippen LogP contribution in [-0.4, -0.2) is 34.8 Å². The molecule has 98 valence electrons. The first-order valence-corrected chi connectivity index (χ1v) is 7.23. The normalized spacial score (nSPS) is 13.7. The predicted octanol–water partition coefficient (Wildman–Crippen LogP) is -0.420. The molecule has 0 aromatic carbocycles. The molecule has 0 aliphatic rings. The highest BCUT2D eigenvalue weighted by Gasteiger charge is 2.18. The van der Waals surface area contributed by atoms with Crippen LogP contribution >= 0.6 is 0 Å². The summed E-state index contributed by atoms with van der Waals surface area (Å²) in [5.41, 5.74) is 6.71. The van der Waals surface area contributed by atoms with Crippen molar-refractivity contribution in [3.8, 4) is 0 Å². The van der Waals surface area contributed by atoms with Gasteiger partial charge in [0.25, 0.3) is 0 Å². The van der Waals surface area contributed by atoms with E-state index in [1.54, 1.807) is 12.5 Å². The van der Waals surface area contributed by atoms with Gasteiger partial charge in [-0.25, -0.2) is 13.4 Å². The second kappa shape index (κ2) is 4.86. The highest BCUT2D eigenvalue weighted by atomic mass is 32.2. The first-order valence-electron chi connectivity index (χ1n) is 5.17. The van der Waals surface area contributed by atoms with E-state index in [4.69, 9.17) is 10.3 Å². The Kier molecular flexibility index (Phi) is 3.43. The topological polar surface area (TPSA) is 128 Å². The molecule has 9 heteroatoms. The van der Waals surface area contributed by atoms with Crippen LogP contribution in [0.25, 0.3) is 0 Å². The van der Waals surface area contributed by atoms with Gasteiger partial charge in [-0.1, -0.05) is 5.16 Å². The monoisotopic (exact) mass is 271 g/mol. The minimum Gasteiger partial charge on any atom is -0.348 e. The number of H-pyrrole nitrogens is 1. The zero-order valence-corrected chi connectivity index (χ0v) is 10.5. The lowest BCUT2D eigenvalue weighted by atomic mass is 10.2. The standard InChI is InChI=1S/C9H13N5O3S/c1-18(15,16)4-8-13-9(17-14-8)7(10)2-6-3-11-5-12-6/h3,5,7H,2,4,10H2,1H3,(H,11,12)/t7-/m1/s1. The van der Waals surface area contributed by atoms with Crippen molar-refractivity contribution in [1.82, 2.24) is 20.1 Å². The molecule has 2 aromatic rings. The third kappa shape index (κ3) is 3.37. The van der Waals surface area contributed by atoms with Crippen molar-refractivity contribution in [1.29, 1.82) is 0 Å². The average Bonchev–Trinajstić information content (AvgIpc) is 2.86. The molecular weight excluding hydrogens is 258 g/mol. The molecule has 0 aliphatic carbocycles. The van der Waals surface area contributed by atoms with Crippen molar-refractivity contribution in [3.63, 3.8) is 0 Å². The summed E-state index contributed by atoms with van der Waals surface area (Å²) in [6.07, 6.45) is 4.76. The highest BCUT2D eigenvalue weighted by molar-refractivity contribution is 7.89. The molecule has 0 unspecified atom stereocenters. The molecule has 1 atom stereocenters. The Bertz CT molecular complexity index is 604. The molecule has 2 rings (SSSR count). The lowest BCUT2D eigenvalue weighted by Crippen LogP contribution is -2.14. The Morgan fingerprint density at radius 3 is 2.94 bits per heavy atom. The van der Waals surface area contributed by atoms with E-state index in [9.17, 15) is 8.42 Å². The molecule has 2 aromatic heterocycles. The Labute approximate surface area is 104 Å². The number of aromatic amines is 1. The number of rotatable bonds is 5. The average molecular weight is 271 g/mol. The van der Waals surface area contributed by atoms with Crippen LogP contribution in [0.5, 0.6) is 0 Å². The fourth-order valence-corrected chi connectivity index (χ4v) is 2.02. The van der Waals surface area contributed by atoms with Gasteiger partial charge in [0.1, 0.15) is 5.75 Å². The number of nitrogens with one attached hydrogen (secondary N) is 1. The zero-order chi connectivity index (χ0) is 13.2. The Morgan fingerprint density at radius 2 is 2.33 bits per heavy atom. The fourth-order valence-electron chi connectivity index (χ4n) is 1.43. The van der Waals surface area contributed by atoms with Gasteiger partial charge >= 0.3 is 0 Å². The molecule has 0 aliphatic heterocycles. The fraction of sp³-hybridized carbons (Fsp3) is 0.444. The maximum atomic E-state index is 11.1. The quantitative estimate of drug-likeness (QED) is 0.755. The van der Waals surface area contributed by atoms with E-state index in [0.29, 0.717) is 6.42 Å². The minimum absolute atomic E-state index is 0.118. The van der Waals surface area contributed by atoms with Gasteiger partial charge in [-0.05, 0) is 0 Å². The predicted molar refractivity (Wildman–Crippen MR) is 62.1 cm³/mol. The van der Waals surface area contributed by atoms with Gasteiger partial charge in [0.15, 0.2) is 15.7 Å². The molecule has 0 saturated heterocycles. The van der Waals surface area contributed by atoms with E-state index < -0.39 is 15.9 Å². The maximum Gasteiger partial charge on any atom is 0.243 e. The number of imidazole rings is 1. The molecule has 0 saturated carbocycles. The van der Waals surface area contributed by atoms with Crippen LogP contribution in [0.4, 0.5) is 0 Å². The lowest BCUT2D eigenvalue weighted by Gasteiger charge is -2.03. The van der Waals surface area contributed by atoms with Crippen LogP contribution in [0.1, 0.15) is 23.5 Å². The van der Waals surface area contributed by atoms with Gasteiger partial charge in [-0.15, -0.1) is 0 Å². The van der Waals surface area contributed by atoms with Crippen molar-refractivity contribution in [2.45, 2.75) is 18.2 Å². The first-order chi connectivity index (χ1) is 8.44. The van der Waals surface area contributed by atoms with Crippen LogP contribution in [0.15, 0.2) is 17.0 Å². The highest BCUT2D eigenvalue weighted by Crippen LogP contribution is 2.13. The Morgan fingerprint density at radius 1 is 1.56 bits per heavy atom. The number of nitrogens with two attached hydrogens (primary N) is 1. The number of hydrogen-bond acceptors (Lipinski definition) is 7. The van der Waals surface area contributed by atoms with Crippen molar-refractivity contribution < 1.29 is 12.9 Å². The third-order valence-corrected chi connectivity index (χ3v) is 2.97. The number of hydrogen-bond donors (Lipinski definition) is 2. The van der Waals surface area contributed by atoms with Crippen LogP contribution in [0.3, 0.4) is 0 Å². The van der Waals surface area contributed by atoms with Gasteiger partial charge in [0, 0.05) is 24.6 Å². The smallest absolute Gasteiger partial charge is 0.243 e. The molecule has 0 spiro atoms. The molecule has 0 bridgehead atoms. The summed E-state index contributed by atoms with van der Waals surface area (Å²) >= 11 is 0. The van der Waals surface area contributed by atoms with Crippen LogP contribution in [0, 0.1) is 0 Å². The van der Waals surface area contributed by atoms with Crippen LogP contribution < -0.4 is 5.73 Å². The SMILES string of the molecule is CS(=O)(=O)Cc1noc([C@H](N)Cc2cnc[nH]2)n1. The molecule has 0 fully saturated rings. The van der Waals surface area contributed by atoms with E-state index >= 15 is 0 Å². The van der Waals surface area contributed by atoms with Crippen molar-refractivity contribution in [3.05, 3.63) is 29.9 Å². The minimum atomic E-state index is -3.18. The van der Waals surface area contributed by atoms with E-state index in [0.717, 1.165) is 11.9 Å². The summed E-state index contributed by atoms with van der Waals surface area (Å²) in [6.45, 7) is 0. The van der Waals surface area contributed by atoms with E-state index in [1.165, 1.54) is 0 Å². The number of sulfone groups is 1. The molecule has 2 heterocycles. The van der Waals surface area contributed by atoms with Crippen molar-refractivity contribution >= 4 is 9.84 Å². The van der Waals surface area contributed by atoms with Crippen molar-refractivity contribution in [2.24, 2.45) is 5.73 Å². The Hall–Kier alpha value is -1.74. The molecular formula is C9H13N5O3S. The summed E-state index contributed by atoms with van der Waals surface area (Å²) in [7, 11) is -3.18.